The van der Waals surface area contributed by atoms with Gasteiger partial charge in [0, 0.05) is 36.0 Å². The van der Waals surface area contributed by atoms with Crippen LogP contribution in [0.4, 0.5) is 16.2 Å². The van der Waals surface area contributed by atoms with Crippen molar-refractivity contribution in [2.24, 2.45) is 0 Å². The largest absolute Gasteiger partial charge is 0.371 e. The highest BCUT2D eigenvalue weighted by Gasteiger charge is 2.12. The van der Waals surface area contributed by atoms with Crippen molar-refractivity contribution in [3.63, 3.8) is 0 Å². The minimum absolute atomic E-state index is 0.219. The first kappa shape index (κ1) is 15.7. The molecule has 1 aliphatic rings. The SMILES string of the molecule is O=C(NCc1cccc(Cl)c1)Nc1cccc(N2CCCC2)c1. The predicted molar refractivity (Wildman–Crippen MR) is 95.2 cm³/mol. The van der Waals surface area contributed by atoms with Crippen LogP contribution in [-0.4, -0.2) is 19.1 Å². The van der Waals surface area contributed by atoms with Crippen molar-refractivity contribution in [3.8, 4) is 0 Å². The highest BCUT2D eigenvalue weighted by molar-refractivity contribution is 6.30. The molecule has 2 N–H and O–H groups in total. The fourth-order valence-electron chi connectivity index (χ4n) is 2.76. The number of nitrogens with zero attached hydrogens (tertiary/aromatic N) is 1. The number of carbonyl (C=O) groups is 1. The lowest BCUT2D eigenvalue weighted by atomic mass is 10.2. The molecule has 5 heteroatoms. The second kappa shape index (κ2) is 7.38. The van der Waals surface area contributed by atoms with Crippen LogP contribution >= 0.6 is 11.6 Å². The fraction of sp³-hybridized carbons (Fsp3) is 0.278. The molecular formula is C18H20ClN3O. The lowest BCUT2D eigenvalue weighted by Gasteiger charge is -2.18. The average Bonchev–Trinajstić information content (AvgIpc) is 3.08. The predicted octanol–water partition coefficient (Wildman–Crippen LogP) is 4.26. The second-order valence-corrected chi connectivity index (χ2v) is 6.12. The van der Waals surface area contributed by atoms with E-state index in [0.29, 0.717) is 11.6 Å². The molecular weight excluding hydrogens is 310 g/mol. The number of amides is 2. The van der Waals surface area contributed by atoms with Crippen LogP contribution in [0.25, 0.3) is 0 Å². The van der Waals surface area contributed by atoms with E-state index in [0.717, 1.165) is 30.0 Å². The minimum Gasteiger partial charge on any atom is -0.371 e. The summed E-state index contributed by atoms with van der Waals surface area (Å²) in [6.45, 7) is 2.62. The van der Waals surface area contributed by atoms with E-state index < -0.39 is 0 Å². The van der Waals surface area contributed by atoms with E-state index in [1.807, 2.05) is 42.5 Å². The van der Waals surface area contributed by atoms with Gasteiger partial charge in [0.1, 0.15) is 0 Å². The summed E-state index contributed by atoms with van der Waals surface area (Å²) in [4.78, 5) is 14.4. The topological polar surface area (TPSA) is 44.4 Å². The molecule has 0 atom stereocenters. The van der Waals surface area contributed by atoms with Gasteiger partial charge < -0.3 is 15.5 Å². The number of halogens is 1. The van der Waals surface area contributed by atoms with Crippen LogP contribution in [0.2, 0.25) is 5.02 Å². The number of urea groups is 1. The first-order chi connectivity index (χ1) is 11.2. The van der Waals surface area contributed by atoms with E-state index in [9.17, 15) is 4.79 Å². The molecule has 0 bridgehead atoms. The van der Waals surface area contributed by atoms with Gasteiger partial charge in [-0.15, -0.1) is 0 Å². The number of rotatable bonds is 4. The highest BCUT2D eigenvalue weighted by atomic mass is 35.5. The van der Waals surface area contributed by atoms with E-state index in [1.54, 1.807) is 0 Å². The van der Waals surface area contributed by atoms with Gasteiger partial charge in [0.25, 0.3) is 0 Å². The molecule has 4 nitrogen and oxygen atoms in total. The van der Waals surface area contributed by atoms with Gasteiger partial charge in [-0.25, -0.2) is 4.79 Å². The summed E-state index contributed by atoms with van der Waals surface area (Å²) in [7, 11) is 0. The Balaban J connectivity index is 1.56. The molecule has 0 aliphatic carbocycles. The maximum Gasteiger partial charge on any atom is 0.319 e. The zero-order chi connectivity index (χ0) is 16.1. The number of hydrogen-bond donors (Lipinski definition) is 2. The van der Waals surface area contributed by atoms with Crippen molar-refractivity contribution in [2.75, 3.05) is 23.3 Å². The van der Waals surface area contributed by atoms with E-state index in [4.69, 9.17) is 11.6 Å². The second-order valence-electron chi connectivity index (χ2n) is 5.68. The van der Waals surface area contributed by atoms with Gasteiger partial charge in [0.2, 0.25) is 0 Å². The summed E-state index contributed by atoms with van der Waals surface area (Å²) >= 11 is 5.94. The molecule has 1 saturated heterocycles. The molecule has 3 rings (SSSR count). The van der Waals surface area contributed by atoms with Gasteiger partial charge in [-0.2, -0.15) is 0 Å². The van der Waals surface area contributed by atoms with Gasteiger partial charge in [0.15, 0.2) is 0 Å². The molecule has 1 aliphatic heterocycles. The van der Waals surface area contributed by atoms with E-state index in [1.165, 1.54) is 12.8 Å². The number of benzene rings is 2. The smallest absolute Gasteiger partial charge is 0.319 e. The monoisotopic (exact) mass is 329 g/mol. The molecule has 1 fully saturated rings. The van der Waals surface area contributed by atoms with E-state index in [2.05, 4.69) is 21.6 Å². The summed E-state index contributed by atoms with van der Waals surface area (Å²) in [6.07, 6.45) is 2.47. The average molecular weight is 330 g/mol. The third kappa shape index (κ3) is 4.39. The lowest BCUT2D eigenvalue weighted by Crippen LogP contribution is -2.28. The van der Waals surface area contributed by atoms with Gasteiger partial charge in [0.05, 0.1) is 0 Å². The molecule has 23 heavy (non-hydrogen) atoms. The van der Waals surface area contributed by atoms with Crippen LogP contribution in [0.1, 0.15) is 18.4 Å². The minimum atomic E-state index is -0.219. The first-order valence-electron chi connectivity index (χ1n) is 7.85. The normalized spacial score (nSPS) is 13.9. The fourth-order valence-corrected chi connectivity index (χ4v) is 2.97. The summed E-state index contributed by atoms with van der Waals surface area (Å²) in [6, 6.07) is 15.2. The number of hydrogen-bond acceptors (Lipinski definition) is 2. The molecule has 0 radical (unpaired) electrons. The molecule has 0 unspecified atom stereocenters. The van der Waals surface area contributed by atoms with Crippen molar-refractivity contribution in [1.29, 1.82) is 0 Å². The maximum atomic E-state index is 12.0. The first-order valence-corrected chi connectivity index (χ1v) is 8.23. The molecule has 1 heterocycles. The Bertz CT molecular complexity index is 683. The maximum absolute atomic E-state index is 12.0. The van der Waals surface area contributed by atoms with Gasteiger partial charge >= 0.3 is 6.03 Å². The Morgan fingerprint density at radius 1 is 1.09 bits per heavy atom. The Hall–Kier alpha value is -2.20. The molecule has 0 spiro atoms. The van der Waals surface area contributed by atoms with Crippen LogP contribution in [0, 0.1) is 0 Å². The third-order valence-electron chi connectivity index (χ3n) is 3.92. The van der Waals surface area contributed by atoms with Gasteiger partial charge in [-0.05, 0) is 48.7 Å². The Morgan fingerprint density at radius 2 is 1.87 bits per heavy atom. The van der Waals surface area contributed by atoms with Gasteiger partial charge in [-0.1, -0.05) is 29.8 Å². The Morgan fingerprint density at radius 3 is 2.65 bits per heavy atom. The number of anilines is 2. The van der Waals surface area contributed by atoms with Crippen LogP contribution in [-0.2, 0) is 6.54 Å². The van der Waals surface area contributed by atoms with Crippen LogP contribution in [0.3, 0.4) is 0 Å². The molecule has 120 valence electrons. The van der Waals surface area contributed by atoms with Crippen LogP contribution < -0.4 is 15.5 Å². The summed E-state index contributed by atoms with van der Waals surface area (Å²) in [5, 5.41) is 6.39. The van der Waals surface area contributed by atoms with Crippen molar-refractivity contribution >= 4 is 29.0 Å². The van der Waals surface area contributed by atoms with Crippen molar-refractivity contribution in [2.45, 2.75) is 19.4 Å². The zero-order valence-corrected chi connectivity index (χ0v) is 13.6. The molecule has 2 amide bonds. The number of nitrogens with one attached hydrogen (secondary N) is 2. The van der Waals surface area contributed by atoms with Crippen molar-refractivity contribution in [1.82, 2.24) is 5.32 Å². The quantitative estimate of drug-likeness (QED) is 0.880. The third-order valence-corrected chi connectivity index (χ3v) is 4.15. The van der Waals surface area contributed by atoms with E-state index >= 15 is 0 Å². The van der Waals surface area contributed by atoms with Crippen LogP contribution in [0.5, 0.6) is 0 Å². The highest BCUT2D eigenvalue weighted by Crippen LogP contribution is 2.23. The molecule has 0 aromatic heterocycles. The van der Waals surface area contributed by atoms with E-state index in [-0.39, 0.29) is 6.03 Å². The van der Waals surface area contributed by atoms with Crippen molar-refractivity contribution in [3.05, 3.63) is 59.1 Å². The molecule has 0 saturated carbocycles. The van der Waals surface area contributed by atoms with Crippen molar-refractivity contribution < 1.29 is 4.79 Å². The van der Waals surface area contributed by atoms with Gasteiger partial charge in [-0.3, -0.25) is 0 Å². The van der Waals surface area contributed by atoms with Crippen LogP contribution in [0.15, 0.2) is 48.5 Å². The summed E-state index contributed by atoms with van der Waals surface area (Å²) in [5.41, 5.74) is 2.94. The molecule has 2 aromatic carbocycles. The summed E-state index contributed by atoms with van der Waals surface area (Å²) in [5.74, 6) is 0. The number of carbonyl (C=O) groups excluding carboxylic acids is 1. The Labute approximate surface area is 141 Å². The lowest BCUT2D eigenvalue weighted by molar-refractivity contribution is 0.251. The Kier molecular flexibility index (Phi) is 5.03. The molecule has 2 aromatic rings. The summed E-state index contributed by atoms with van der Waals surface area (Å²) < 4.78 is 0. The standard InChI is InChI=1S/C18H20ClN3O/c19-15-6-3-5-14(11-15)13-20-18(23)21-16-7-4-8-17(12-16)22-9-1-2-10-22/h3-8,11-12H,1-2,9-10,13H2,(H2,20,21,23). The zero-order valence-electron chi connectivity index (χ0n) is 12.9.